The fourth-order valence-corrected chi connectivity index (χ4v) is 2.88. The van der Waals surface area contributed by atoms with Crippen molar-refractivity contribution in [3.63, 3.8) is 0 Å². The zero-order valence-corrected chi connectivity index (χ0v) is 13.6. The third kappa shape index (κ3) is 5.62. The van der Waals surface area contributed by atoms with Crippen LogP contribution in [0.25, 0.3) is 0 Å². The Labute approximate surface area is 128 Å². The number of aromatic nitrogens is 2. The van der Waals surface area contributed by atoms with Crippen molar-refractivity contribution in [1.82, 2.24) is 15.5 Å². The van der Waals surface area contributed by atoms with E-state index in [0.29, 0.717) is 17.9 Å². The minimum absolute atomic E-state index is 0.322. The molecule has 4 nitrogen and oxygen atoms in total. The van der Waals surface area contributed by atoms with Crippen LogP contribution in [0.5, 0.6) is 5.88 Å². The van der Waals surface area contributed by atoms with Crippen molar-refractivity contribution < 1.29 is 4.74 Å². The van der Waals surface area contributed by atoms with E-state index in [1.165, 1.54) is 19.3 Å². The first kappa shape index (κ1) is 16.2. The lowest BCUT2D eigenvalue weighted by Crippen LogP contribution is -2.25. The Morgan fingerprint density at radius 1 is 1.29 bits per heavy atom. The molecule has 21 heavy (non-hydrogen) atoms. The highest BCUT2D eigenvalue weighted by molar-refractivity contribution is 5.11. The van der Waals surface area contributed by atoms with Crippen molar-refractivity contribution in [3.8, 4) is 5.88 Å². The molecule has 4 heteroatoms. The SMILES string of the molecule is CCC1CCCC(Oc2ccc(CNCC(C)C)nn2)C1. The van der Waals surface area contributed by atoms with Crippen molar-refractivity contribution in [3.05, 3.63) is 17.8 Å². The molecule has 2 rings (SSSR count). The Balaban J connectivity index is 1.79. The third-order valence-corrected chi connectivity index (χ3v) is 4.15. The number of nitrogens with one attached hydrogen (secondary N) is 1. The summed E-state index contributed by atoms with van der Waals surface area (Å²) in [5.41, 5.74) is 0.970. The summed E-state index contributed by atoms with van der Waals surface area (Å²) in [5, 5.41) is 11.8. The predicted molar refractivity (Wildman–Crippen MR) is 85.2 cm³/mol. The summed E-state index contributed by atoms with van der Waals surface area (Å²) in [6, 6.07) is 3.96. The van der Waals surface area contributed by atoms with Gasteiger partial charge in [0.05, 0.1) is 5.69 Å². The van der Waals surface area contributed by atoms with Gasteiger partial charge in [-0.15, -0.1) is 5.10 Å². The molecule has 1 heterocycles. The molecule has 1 aliphatic carbocycles. The summed E-state index contributed by atoms with van der Waals surface area (Å²) in [4.78, 5) is 0. The molecule has 0 saturated heterocycles. The lowest BCUT2D eigenvalue weighted by Gasteiger charge is -2.28. The minimum atomic E-state index is 0.322. The number of hydrogen-bond donors (Lipinski definition) is 1. The van der Waals surface area contributed by atoms with Gasteiger partial charge in [-0.1, -0.05) is 33.6 Å². The zero-order chi connectivity index (χ0) is 15.1. The van der Waals surface area contributed by atoms with Crippen LogP contribution in [0.3, 0.4) is 0 Å². The average molecular weight is 291 g/mol. The quantitative estimate of drug-likeness (QED) is 0.834. The summed E-state index contributed by atoms with van der Waals surface area (Å²) in [5.74, 6) is 2.14. The highest BCUT2D eigenvalue weighted by atomic mass is 16.5. The molecule has 0 aliphatic heterocycles. The molecule has 0 radical (unpaired) electrons. The fourth-order valence-electron chi connectivity index (χ4n) is 2.88. The standard InChI is InChI=1S/C17H29N3O/c1-4-14-6-5-7-16(10-14)21-17-9-8-15(19-20-17)12-18-11-13(2)3/h8-9,13-14,16,18H,4-7,10-12H2,1-3H3. The number of nitrogens with zero attached hydrogens (tertiary/aromatic N) is 2. The molecule has 0 bridgehead atoms. The van der Waals surface area contributed by atoms with Crippen LogP contribution in [-0.2, 0) is 6.54 Å². The molecule has 0 aromatic carbocycles. The van der Waals surface area contributed by atoms with Crippen LogP contribution in [-0.4, -0.2) is 22.8 Å². The third-order valence-electron chi connectivity index (χ3n) is 4.15. The Bertz CT molecular complexity index is 405. The first-order chi connectivity index (χ1) is 10.2. The van der Waals surface area contributed by atoms with Gasteiger partial charge in [-0.3, -0.25) is 0 Å². The summed E-state index contributed by atoms with van der Waals surface area (Å²) in [6.07, 6.45) is 6.51. The summed E-state index contributed by atoms with van der Waals surface area (Å²) < 4.78 is 5.99. The van der Waals surface area contributed by atoms with E-state index in [1.54, 1.807) is 0 Å². The summed E-state index contributed by atoms with van der Waals surface area (Å²) >= 11 is 0. The molecule has 1 N–H and O–H groups in total. The normalized spacial score (nSPS) is 22.5. The van der Waals surface area contributed by atoms with E-state index in [0.717, 1.165) is 37.5 Å². The molecule has 1 aromatic heterocycles. The van der Waals surface area contributed by atoms with Gasteiger partial charge in [0.15, 0.2) is 0 Å². The van der Waals surface area contributed by atoms with Crippen molar-refractivity contribution in [2.45, 2.75) is 65.5 Å². The van der Waals surface area contributed by atoms with Crippen LogP contribution in [0, 0.1) is 11.8 Å². The average Bonchev–Trinajstić information content (AvgIpc) is 2.49. The molecular formula is C17H29N3O. The van der Waals surface area contributed by atoms with Gasteiger partial charge in [0, 0.05) is 12.6 Å². The largest absolute Gasteiger partial charge is 0.473 e. The Morgan fingerprint density at radius 3 is 2.81 bits per heavy atom. The van der Waals surface area contributed by atoms with Crippen LogP contribution >= 0.6 is 0 Å². The molecule has 0 amide bonds. The lowest BCUT2D eigenvalue weighted by atomic mass is 9.85. The van der Waals surface area contributed by atoms with Gasteiger partial charge < -0.3 is 10.1 Å². The molecule has 0 spiro atoms. The van der Waals surface area contributed by atoms with E-state index < -0.39 is 0 Å². The highest BCUT2D eigenvalue weighted by Crippen LogP contribution is 2.28. The van der Waals surface area contributed by atoms with Gasteiger partial charge in [-0.2, -0.15) is 5.10 Å². The topological polar surface area (TPSA) is 47.0 Å². The summed E-state index contributed by atoms with van der Waals surface area (Å²) in [7, 11) is 0. The van der Waals surface area contributed by atoms with E-state index in [4.69, 9.17) is 4.74 Å². The van der Waals surface area contributed by atoms with Gasteiger partial charge in [-0.25, -0.2) is 0 Å². The van der Waals surface area contributed by atoms with Gasteiger partial charge in [0.2, 0.25) is 5.88 Å². The minimum Gasteiger partial charge on any atom is -0.473 e. The number of ether oxygens (including phenoxy) is 1. The second kappa shape index (κ2) is 8.32. The van der Waals surface area contributed by atoms with Gasteiger partial charge in [-0.05, 0) is 43.7 Å². The Hall–Kier alpha value is -1.16. The molecule has 118 valence electrons. The van der Waals surface area contributed by atoms with Crippen LogP contribution in [0.15, 0.2) is 12.1 Å². The first-order valence-corrected chi connectivity index (χ1v) is 8.37. The van der Waals surface area contributed by atoms with Gasteiger partial charge in [0.1, 0.15) is 6.10 Å². The van der Waals surface area contributed by atoms with Gasteiger partial charge >= 0.3 is 0 Å². The van der Waals surface area contributed by atoms with Crippen LogP contribution in [0.4, 0.5) is 0 Å². The Morgan fingerprint density at radius 2 is 2.14 bits per heavy atom. The predicted octanol–water partition coefficient (Wildman–Crippen LogP) is 3.57. The Kier molecular flexibility index (Phi) is 6.43. The molecule has 2 unspecified atom stereocenters. The lowest BCUT2D eigenvalue weighted by molar-refractivity contribution is 0.116. The van der Waals surface area contributed by atoms with Crippen molar-refractivity contribution in [2.75, 3.05) is 6.54 Å². The molecule has 1 aliphatic rings. The summed E-state index contributed by atoms with van der Waals surface area (Å²) in [6.45, 7) is 8.44. The maximum Gasteiger partial charge on any atom is 0.233 e. The van der Waals surface area contributed by atoms with E-state index in [1.807, 2.05) is 12.1 Å². The van der Waals surface area contributed by atoms with Crippen LogP contribution in [0.2, 0.25) is 0 Å². The van der Waals surface area contributed by atoms with Crippen molar-refractivity contribution >= 4 is 0 Å². The fraction of sp³-hybridized carbons (Fsp3) is 0.765. The van der Waals surface area contributed by atoms with Crippen molar-refractivity contribution in [2.24, 2.45) is 11.8 Å². The van der Waals surface area contributed by atoms with Crippen molar-refractivity contribution in [1.29, 1.82) is 0 Å². The van der Waals surface area contributed by atoms with Gasteiger partial charge in [0.25, 0.3) is 0 Å². The number of hydrogen-bond acceptors (Lipinski definition) is 4. The number of rotatable bonds is 7. The van der Waals surface area contributed by atoms with Crippen LogP contribution < -0.4 is 10.1 Å². The van der Waals surface area contributed by atoms with Crippen LogP contribution in [0.1, 0.15) is 58.6 Å². The second-order valence-corrected chi connectivity index (χ2v) is 6.57. The zero-order valence-electron chi connectivity index (χ0n) is 13.6. The monoisotopic (exact) mass is 291 g/mol. The second-order valence-electron chi connectivity index (χ2n) is 6.57. The smallest absolute Gasteiger partial charge is 0.233 e. The molecule has 1 aromatic rings. The maximum absolute atomic E-state index is 5.99. The molecule has 2 atom stereocenters. The highest BCUT2D eigenvalue weighted by Gasteiger charge is 2.22. The molecule has 1 fully saturated rings. The van der Waals surface area contributed by atoms with E-state index in [9.17, 15) is 0 Å². The first-order valence-electron chi connectivity index (χ1n) is 8.37. The van der Waals surface area contributed by atoms with E-state index >= 15 is 0 Å². The maximum atomic E-state index is 5.99. The van der Waals surface area contributed by atoms with E-state index in [2.05, 4.69) is 36.3 Å². The molecular weight excluding hydrogens is 262 g/mol. The van der Waals surface area contributed by atoms with E-state index in [-0.39, 0.29) is 0 Å². The molecule has 1 saturated carbocycles.